The van der Waals surface area contributed by atoms with Gasteiger partial charge in [0.2, 0.25) is 0 Å². The molecule has 1 aromatic heterocycles. The van der Waals surface area contributed by atoms with Gasteiger partial charge in [0.25, 0.3) is 0 Å². The smallest absolute Gasteiger partial charge is 0.0724 e. The summed E-state index contributed by atoms with van der Waals surface area (Å²) in [5.41, 5.74) is 2.03. The molecule has 0 bridgehead atoms. The highest BCUT2D eigenvalue weighted by Gasteiger charge is 2.12. The highest BCUT2D eigenvalue weighted by molar-refractivity contribution is 5.00. The van der Waals surface area contributed by atoms with E-state index in [1.54, 1.807) is 0 Å². The lowest BCUT2D eigenvalue weighted by molar-refractivity contribution is 0.341. The van der Waals surface area contributed by atoms with Gasteiger partial charge >= 0.3 is 0 Å². The van der Waals surface area contributed by atoms with Gasteiger partial charge in [0.15, 0.2) is 0 Å². The van der Waals surface area contributed by atoms with Crippen molar-refractivity contribution in [3.8, 4) is 0 Å². The molecule has 1 aliphatic rings. The van der Waals surface area contributed by atoms with Gasteiger partial charge in [0.1, 0.15) is 0 Å². The van der Waals surface area contributed by atoms with Crippen molar-refractivity contribution in [3.05, 3.63) is 23.8 Å². The Kier molecular flexibility index (Phi) is 4.28. The molecule has 1 saturated carbocycles. The molecule has 0 aromatic carbocycles. The van der Waals surface area contributed by atoms with Crippen LogP contribution in [0.1, 0.15) is 43.5 Å². The van der Waals surface area contributed by atoms with Crippen LogP contribution < -0.4 is 5.32 Å². The summed E-state index contributed by atoms with van der Waals surface area (Å²) in [5, 5.41) is 3.49. The molecule has 0 amide bonds. The van der Waals surface area contributed by atoms with E-state index < -0.39 is 0 Å². The lowest BCUT2D eigenvalue weighted by Gasteiger charge is -2.21. The maximum absolute atomic E-state index is 4.34. The number of rotatable bonds is 4. The van der Waals surface area contributed by atoms with Crippen LogP contribution in [0.25, 0.3) is 0 Å². The summed E-state index contributed by atoms with van der Waals surface area (Å²) in [5.74, 6) is 0.882. The van der Waals surface area contributed by atoms with Crippen LogP contribution in [0, 0.1) is 12.8 Å². The third-order valence-corrected chi connectivity index (χ3v) is 3.30. The zero-order valence-corrected chi connectivity index (χ0v) is 10.1. The van der Waals surface area contributed by atoms with Crippen LogP contribution in [0.3, 0.4) is 0 Å². The fraction of sp³-hybridized carbons (Fsp3) is 0.692. The van der Waals surface area contributed by atoms with E-state index in [1.165, 1.54) is 32.1 Å². The van der Waals surface area contributed by atoms with Crippen molar-refractivity contribution < 1.29 is 0 Å². The molecule has 1 fully saturated rings. The molecule has 1 heterocycles. The maximum Gasteiger partial charge on any atom is 0.0724 e. The minimum absolute atomic E-state index is 0.851. The summed E-state index contributed by atoms with van der Waals surface area (Å²) < 4.78 is 0. The van der Waals surface area contributed by atoms with Crippen LogP contribution in [0.2, 0.25) is 0 Å². The van der Waals surface area contributed by atoms with Gasteiger partial charge in [-0.15, -0.1) is 0 Å². The first-order valence-electron chi connectivity index (χ1n) is 6.33. The van der Waals surface area contributed by atoms with Crippen LogP contribution in [-0.2, 0) is 6.54 Å². The molecule has 1 aliphatic carbocycles. The lowest BCUT2D eigenvalue weighted by atomic mass is 9.89. The Morgan fingerprint density at radius 2 is 2.00 bits per heavy atom. The Hall–Kier alpha value is -0.960. The second-order valence-electron chi connectivity index (χ2n) is 4.78. The van der Waals surface area contributed by atoms with Crippen molar-refractivity contribution in [3.63, 3.8) is 0 Å². The van der Waals surface area contributed by atoms with Gasteiger partial charge in [-0.1, -0.05) is 19.3 Å². The van der Waals surface area contributed by atoms with E-state index in [2.05, 4.69) is 15.3 Å². The van der Waals surface area contributed by atoms with Gasteiger partial charge in [-0.25, -0.2) is 0 Å². The number of hydrogen-bond donors (Lipinski definition) is 1. The first kappa shape index (κ1) is 11.5. The first-order chi connectivity index (χ1) is 7.84. The van der Waals surface area contributed by atoms with Crippen molar-refractivity contribution in [1.29, 1.82) is 0 Å². The molecular formula is C13H21N3. The van der Waals surface area contributed by atoms with Gasteiger partial charge < -0.3 is 5.32 Å². The molecule has 1 N–H and O–H groups in total. The number of aromatic nitrogens is 2. The number of nitrogens with one attached hydrogen (secondary N) is 1. The molecule has 0 radical (unpaired) electrons. The van der Waals surface area contributed by atoms with Crippen molar-refractivity contribution in [2.75, 3.05) is 6.54 Å². The molecule has 0 unspecified atom stereocenters. The van der Waals surface area contributed by atoms with E-state index in [0.29, 0.717) is 0 Å². The molecular weight excluding hydrogens is 198 g/mol. The molecule has 0 spiro atoms. The molecule has 88 valence electrons. The SMILES string of the molecule is Cc1cnc(CNCC2CCCCC2)cn1. The number of aryl methyl sites for hydroxylation is 1. The van der Waals surface area contributed by atoms with Gasteiger partial charge in [-0.05, 0) is 32.2 Å². The summed E-state index contributed by atoms with van der Waals surface area (Å²) in [6, 6.07) is 0. The van der Waals surface area contributed by atoms with Crippen molar-refractivity contribution in [2.45, 2.75) is 45.6 Å². The average molecular weight is 219 g/mol. The van der Waals surface area contributed by atoms with Gasteiger partial charge in [-0.2, -0.15) is 0 Å². The lowest BCUT2D eigenvalue weighted by Crippen LogP contribution is -2.24. The van der Waals surface area contributed by atoms with E-state index in [0.717, 1.165) is 30.4 Å². The zero-order chi connectivity index (χ0) is 11.2. The van der Waals surface area contributed by atoms with Crippen molar-refractivity contribution in [1.82, 2.24) is 15.3 Å². The molecule has 1 aromatic rings. The summed E-state index contributed by atoms with van der Waals surface area (Å²) in [6.07, 6.45) is 10.7. The minimum atomic E-state index is 0.851. The molecule has 0 aliphatic heterocycles. The highest BCUT2D eigenvalue weighted by Crippen LogP contribution is 2.22. The quantitative estimate of drug-likeness (QED) is 0.845. The average Bonchev–Trinajstić information content (AvgIpc) is 2.33. The molecule has 3 heteroatoms. The van der Waals surface area contributed by atoms with E-state index >= 15 is 0 Å². The van der Waals surface area contributed by atoms with Crippen LogP contribution in [0.5, 0.6) is 0 Å². The Labute approximate surface area is 97.7 Å². The topological polar surface area (TPSA) is 37.8 Å². The first-order valence-corrected chi connectivity index (χ1v) is 6.33. The summed E-state index contributed by atoms with van der Waals surface area (Å²) in [7, 11) is 0. The molecule has 2 rings (SSSR count). The summed E-state index contributed by atoms with van der Waals surface area (Å²) in [6.45, 7) is 3.95. The molecule has 3 nitrogen and oxygen atoms in total. The molecule has 16 heavy (non-hydrogen) atoms. The maximum atomic E-state index is 4.34. The van der Waals surface area contributed by atoms with E-state index in [4.69, 9.17) is 0 Å². The molecule has 0 atom stereocenters. The Bertz CT molecular complexity index is 301. The zero-order valence-electron chi connectivity index (χ0n) is 10.1. The summed E-state index contributed by atoms with van der Waals surface area (Å²) in [4.78, 5) is 8.58. The standard InChI is InChI=1S/C13H21N3/c1-11-7-16-13(10-15-11)9-14-8-12-5-3-2-4-6-12/h7,10,12,14H,2-6,8-9H2,1H3. The predicted molar refractivity (Wildman–Crippen MR) is 65.1 cm³/mol. The van der Waals surface area contributed by atoms with Crippen molar-refractivity contribution >= 4 is 0 Å². The van der Waals surface area contributed by atoms with Gasteiger partial charge in [0.05, 0.1) is 11.4 Å². The minimum Gasteiger partial charge on any atom is -0.311 e. The fourth-order valence-electron chi connectivity index (χ4n) is 2.31. The fourth-order valence-corrected chi connectivity index (χ4v) is 2.31. The third kappa shape index (κ3) is 3.56. The third-order valence-electron chi connectivity index (χ3n) is 3.30. The Morgan fingerprint density at radius 1 is 1.19 bits per heavy atom. The molecule has 0 saturated heterocycles. The monoisotopic (exact) mass is 219 g/mol. The van der Waals surface area contributed by atoms with Crippen LogP contribution in [0.15, 0.2) is 12.4 Å². The van der Waals surface area contributed by atoms with Gasteiger partial charge in [0, 0.05) is 18.9 Å². The second-order valence-corrected chi connectivity index (χ2v) is 4.78. The van der Waals surface area contributed by atoms with E-state index in [1.807, 2.05) is 19.3 Å². The van der Waals surface area contributed by atoms with E-state index in [9.17, 15) is 0 Å². The summed E-state index contributed by atoms with van der Waals surface area (Å²) >= 11 is 0. The van der Waals surface area contributed by atoms with Crippen LogP contribution >= 0.6 is 0 Å². The number of hydrogen-bond acceptors (Lipinski definition) is 3. The van der Waals surface area contributed by atoms with E-state index in [-0.39, 0.29) is 0 Å². The van der Waals surface area contributed by atoms with Crippen LogP contribution in [-0.4, -0.2) is 16.5 Å². The van der Waals surface area contributed by atoms with Gasteiger partial charge in [-0.3, -0.25) is 9.97 Å². The largest absolute Gasteiger partial charge is 0.311 e. The second kappa shape index (κ2) is 5.94. The number of nitrogens with zero attached hydrogens (tertiary/aromatic N) is 2. The van der Waals surface area contributed by atoms with Crippen LogP contribution in [0.4, 0.5) is 0 Å². The Balaban J connectivity index is 1.69. The highest BCUT2D eigenvalue weighted by atomic mass is 14.9. The Morgan fingerprint density at radius 3 is 2.69 bits per heavy atom. The normalized spacial score (nSPS) is 17.6. The van der Waals surface area contributed by atoms with Crippen molar-refractivity contribution in [2.24, 2.45) is 5.92 Å². The predicted octanol–water partition coefficient (Wildman–Crippen LogP) is 2.45.